The first-order valence-corrected chi connectivity index (χ1v) is 13.9. The summed E-state index contributed by atoms with van der Waals surface area (Å²) in [5.41, 5.74) is 12.5. The van der Waals surface area contributed by atoms with E-state index in [1.54, 1.807) is 31.2 Å². The normalized spacial score (nSPS) is 14.8. The lowest BCUT2D eigenvalue weighted by Crippen LogP contribution is -2.38. The van der Waals surface area contributed by atoms with E-state index < -0.39 is 17.8 Å². The lowest BCUT2D eigenvalue weighted by molar-refractivity contribution is -0.133. The second-order valence-corrected chi connectivity index (χ2v) is 10.2. The third-order valence-electron chi connectivity index (χ3n) is 7.07. The van der Waals surface area contributed by atoms with Crippen LogP contribution >= 0.6 is 11.6 Å². The minimum absolute atomic E-state index is 0.0122. The van der Waals surface area contributed by atoms with Gasteiger partial charge >= 0.3 is 5.97 Å². The fraction of sp³-hybridized carbons (Fsp3) is 0.250. The van der Waals surface area contributed by atoms with E-state index in [4.69, 9.17) is 21.9 Å². The molecule has 3 aromatic carbocycles. The van der Waals surface area contributed by atoms with Gasteiger partial charge in [0.05, 0.1) is 36.0 Å². The van der Waals surface area contributed by atoms with Crippen molar-refractivity contribution in [3.05, 3.63) is 140 Å². The Morgan fingerprint density at radius 2 is 1.71 bits per heavy atom. The maximum Gasteiger partial charge on any atom is 0.334 e. The van der Waals surface area contributed by atoms with Crippen molar-refractivity contribution in [1.82, 2.24) is 10.6 Å². The van der Waals surface area contributed by atoms with Gasteiger partial charge in [-0.2, -0.15) is 0 Å². The maximum absolute atomic E-state index is 14.0. The highest BCUT2D eigenvalue weighted by atomic mass is 35.5. The van der Waals surface area contributed by atoms with Gasteiger partial charge in [-0.25, -0.2) is 4.79 Å². The van der Waals surface area contributed by atoms with Gasteiger partial charge in [0.25, 0.3) is 0 Å². The van der Waals surface area contributed by atoms with Crippen LogP contribution in [0.1, 0.15) is 41.9 Å². The fourth-order valence-corrected chi connectivity index (χ4v) is 5.43. The van der Waals surface area contributed by atoms with Crippen molar-refractivity contribution < 1.29 is 19.4 Å². The summed E-state index contributed by atoms with van der Waals surface area (Å²) < 4.78 is 5.70. The fourth-order valence-electron chi connectivity index (χ4n) is 5.23. The van der Waals surface area contributed by atoms with Gasteiger partial charge in [0.2, 0.25) is 5.91 Å². The van der Waals surface area contributed by atoms with Crippen LogP contribution < -0.4 is 10.6 Å². The van der Waals surface area contributed by atoms with E-state index in [9.17, 15) is 14.7 Å². The molecule has 9 nitrogen and oxygen atoms in total. The summed E-state index contributed by atoms with van der Waals surface area (Å²) in [5.74, 6) is -2.40. The van der Waals surface area contributed by atoms with E-state index in [0.717, 1.165) is 11.1 Å². The number of amides is 1. The molecule has 0 saturated carbocycles. The van der Waals surface area contributed by atoms with Crippen molar-refractivity contribution in [1.29, 1.82) is 0 Å². The van der Waals surface area contributed by atoms with Crippen LogP contribution in [0.2, 0.25) is 5.02 Å². The Labute approximate surface area is 249 Å². The van der Waals surface area contributed by atoms with E-state index in [-0.39, 0.29) is 36.8 Å². The number of carbonyl (C=O) groups is 2. The molecule has 1 atom stereocenters. The van der Waals surface area contributed by atoms with Gasteiger partial charge in [-0.1, -0.05) is 89.5 Å². The number of carbonyl (C=O) groups excluding carboxylic acids is 1. The number of carboxylic acid groups (broad SMARTS) is 1. The summed E-state index contributed by atoms with van der Waals surface area (Å²) in [5, 5.41) is 20.2. The highest BCUT2D eigenvalue weighted by Crippen LogP contribution is 2.39. The number of aliphatic carboxylic acids is 1. The van der Waals surface area contributed by atoms with E-state index in [1.807, 2.05) is 36.4 Å². The third kappa shape index (κ3) is 7.59. The number of nitrogens with one attached hydrogen (secondary N) is 2. The first kappa shape index (κ1) is 30.4. The smallest absolute Gasteiger partial charge is 0.334 e. The molecule has 3 aromatic rings. The van der Waals surface area contributed by atoms with Crippen LogP contribution in [-0.2, 0) is 14.3 Å². The lowest BCUT2D eigenvalue weighted by atomic mass is 9.80. The topological polar surface area (TPSA) is 136 Å². The van der Waals surface area contributed by atoms with Crippen molar-refractivity contribution in [3.63, 3.8) is 0 Å². The minimum Gasteiger partial charge on any atom is -0.478 e. The number of dihydropyridines is 1. The molecule has 0 spiro atoms. The molecular formula is C32H32ClN5O4. The van der Waals surface area contributed by atoms with Crippen molar-refractivity contribution in [2.45, 2.75) is 25.2 Å². The lowest BCUT2D eigenvalue weighted by Gasteiger charge is -2.31. The van der Waals surface area contributed by atoms with Crippen LogP contribution in [0, 0.1) is 0 Å². The average Bonchev–Trinajstić information content (AvgIpc) is 2.99. The van der Waals surface area contributed by atoms with Crippen LogP contribution in [0.5, 0.6) is 0 Å². The van der Waals surface area contributed by atoms with Crippen molar-refractivity contribution in [2.75, 3.05) is 26.3 Å². The molecule has 0 aliphatic carbocycles. The number of rotatable bonds is 13. The summed E-state index contributed by atoms with van der Waals surface area (Å²) in [6.07, 6.45) is 0.626. The highest BCUT2D eigenvalue weighted by molar-refractivity contribution is 6.30. The predicted octanol–water partition coefficient (Wildman–Crippen LogP) is 6.30. The molecule has 1 aliphatic rings. The zero-order chi connectivity index (χ0) is 29.9. The van der Waals surface area contributed by atoms with Gasteiger partial charge in [-0.15, -0.1) is 0 Å². The molecule has 0 saturated heterocycles. The van der Waals surface area contributed by atoms with E-state index >= 15 is 0 Å². The Balaban J connectivity index is 1.65. The van der Waals surface area contributed by atoms with Crippen LogP contribution in [0.15, 0.2) is 113 Å². The van der Waals surface area contributed by atoms with Crippen LogP contribution in [0.25, 0.3) is 10.4 Å². The quantitative estimate of drug-likeness (QED) is 0.0935. The Hall–Kier alpha value is -4.56. The Morgan fingerprint density at radius 3 is 2.31 bits per heavy atom. The molecule has 10 heteroatoms. The van der Waals surface area contributed by atoms with Gasteiger partial charge in [0.1, 0.15) is 0 Å². The molecule has 1 heterocycles. The van der Waals surface area contributed by atoms with Crippen LogP contribution in [-0.4, -0.2) is 43.3 Å². The number of carboxylic acids is 1. The largest absolute Gasteiger partial charge is 0.478 e. The molecule has 1 aliphatic heterocycles. The van der Waals surface area contributed by atoms with Crippen molar-refractivity contribution in [3.8, 4) is 0 Å². The number of benzene rings is 3. The number of ether oxygens (including phenoxy) is 1. The monoisotopic (exact) mass is 585 g/mol. The summed E-state index contributed by atoms with van der Waals surface area (Å²) in [7, 11) is 0. The number of allylic oxidation sites excluding steroid dienone is 1. The summed E-state index contributed by atoms with van der Waals surface area (Å²) in [6, 6.07) is 27.0. The second-order valence-electron chi connectivity index (χ2n) is 9.77. The van der Waals surface area contributed by atoms with Crippen LogP contribution in [0.4, 0.5) is 0 Å². The maximum atomic E-state index is 14.0. The molecule has 0 radical (unpaired) electrons. The first-order chi connectivity index (χ1) is 20.4. The molecule has 4 rings (SSSR count). The third-order valence-corrected chi connectivity index (χ3v) is 7.30. The summed E-state index contributed by atoms with van der Waals surface area (Å²) >= 11 is 6.30. The number of halogens is 1. The molecule has 42 heavy (non-hydrogen) atoms. The molecule has 0 aromatic heterocycles. The standard InChI is InChI=1S/C32H32ClN5O4/c1-21-28(32(40)41)29(24-13-8-14-25(33)19-24)30(27(37-21)20-42-18-17-36-38-34)31(39)35-16-15-26(22-9-4-2-5-10-22)23-11-6-3-7-12-23/h2-14,19,26,29,37H,15-18,20H2,1H3,(H,35,39)(H,40,41). The van der Waals surface area contributed by atoms with E-state index in [1.165, 1.54) is 0 Å². The highest BCUT2D eigenvalue weighted by Gasteiger charge is 2.37. The summed E-state index contributed by atoms with van der Waals surface area (Å²) in [6.45, 7) is 2.24. The average molecular weight is 586 g/mol. The number of hydrogen-bond acceptors (Lipinski definition) is 5. The minimum atomic E-state index is -1.15. The van der Waals surface area contributed by atoms with Gasteiger partial charge < -0.3 is 20.5 Å². The van der Waals surface area contributed by atoms with E-state index in [0.29, 0.717) is 34.9 Å². The Bertz CT molecular complexity index is 1480. The zero-order valence-electron chi connectivity index (χ0n) is 23.2. The van der Waals surface area contributed by atoms with Gasteiger partial charge in [-0.3, -0.25) is 4.79 Å². The summed E-state index contributed by atoms with van der Waals surface area (Å²) in [4.78, 5) is 29.2. The van der Waals surface area contributed by atoms with Gasteiger partial charge in [-0.05, 0) is 47.7 Å². The van der Waals surface area contributed by atoms with Gasteiger partial charge in [0.15, 0.2) is 0 Å². The van der Waals surface area contributed by atoms with E-state index in [2.05, 4.69) is 44.9 Å². The molecule has 3 N–H and O–H groups in total. The molecule has 0 bridgehead atoms. The zero-order valence-corrected chi connectivity index (χ0v) is 23.9. The number of hydrogen-bond donors (Lipinski definition) is 3. The molecular weight excluding hydrogens is 554 g/mol. The molecule has 1 unspecified atom stereocenters. The molecule has 1 amide bonds. The molecule has 0 fully saturated rings. The second kappa shape index (κ2) is 14.9. The Morgan fingerprint density at radius 1 is 1.05 bits per heavy atom. The van der Waals surface area contributed by atoms with Crippen molar-refractivity contribution in [2.24, 2.45) is 5.11 Å². The molecule has 216 valence electrons. The first-order valence-electron chi connectivity index (χ1n) is 13.6. The van der Waals surface area contributed by atoms with Crippen LogP contribution in [0.3, 0.4) is 0 Å². The van der Waals surface area contributed by atoms with Crippen molar-refractivity contribution >= 4 is 23.5 Å². The number of nitrogens with zero attached hydrogens (tertiary/aromatic N) is 3. The Kier molecular flexibility index (Phi) is 10.8. The van der Waals surface area contributed by atoms with Gasteiger partial charge in [0, 0.05) is 34.6 Å². The number of azide groups is 1. The SMILES string of the molecule is CC1=C(C(=O)O)C(c2cccc(Cl)c2)C(C(=O)NCCC(c2ccccc2)c2ccccc2)=C(COCCN=[N+]=[N-])N1. The predicted molar refractivity (Wildman–Crippen MR) is 162 cm³/mol.